The van der Waals surface area contributed by atoms with Crippen molar-refractivity contribution in [3.63, 3.8) is 0 Å². The summed E-state index contributed by atoms with van der Waals surface area (Å²) >= 11 is 5.91. The van der Waals surface area contributed by atoms with E-state index in [1.165, 1.54) is 12.1 Å². The predicted molar refractivity (Wildman–Crippen MR) is 73.9 cm³/mol. The van der Waals surface area contributed by atoms with Gasteiger partial charge in [0.2, 0.25) is 11.8 Å². The topological polar surface area (TPSA) is 98.2 Å². The van der Waals surface area contributed by atoms with Crippen molar-refractivity contribution >= 4 is 29.1 Å². The minimum atomic E-state index is -0.880. The molecule has 2 rings (SSSR count). The number of halogens is 1. The van der Waals surface area contributed by atoms with Crippen LogP contribution in [0.15, 0.2) is 18.2 Å². The molecule has 1 aromatic rings. The average Bonchev–Trinajstić information content (AvgIpc) is 3.12. The van der Waals surface area contributed by atoms with E-state index < -0.39 is 11.4 Å². The number of anilines is 1. The first-order valence-electron chi connectivity index (χ1n) is 6.02. The number of amides is 2. The summed E-state index contributed by atoms with van der Waals surface area (Å²) in [5.41, 5.74) is 11.0. The fourth-order valence-electron chi connectivity index (χ4n) is 1.93. The lowest BCUT2D eigenvalue weighted by atomic mass is 9.96. The molecule has 5 nitrogen and oxygen atoms in total. The summed E-state index contributed by atoms with van der Waals surface area (Å²) in [6, 6.07) is 4.54. The molecule has 0 radical (unpaired) electrons. The summed E-state index contributed by atoms with van der Waals surface area (Å²) in [6.07, 6.45) is 1.95. The third kappa shape index (κ3) is 2.88. The Morgan fingerprint density at radius 2 is 2.05 bits per heavy atom. The molecule has 1 unspecified atom stereocenters. The van der Waals surface area contributed by atoms with Gasteiger partial charge in [0.05, 0.1) is 16.1 Å². The van der Waals surface area contributed by atoms with Crippen molar-refractivity contribution in [3.8, 4) is 0 Å². The second kappa shape index (κ2) is 4.83. The van der Waals surface area contributed by atoms with Gasteiger partial charge in [-0.3, -0.25) is 9.59 Å². The SMILES string of the molecule is CC(N)(C(=O)Nc1ccc(C(N)=O)c(Cl)c1)C1CC1. The van der Waals surface area contributed by atoms with Gasteiger partial charge in [0, 0.05) is 5.69 Å². The van der Waals surface area contributed by atoms with Crippen molar-refractivity contribution in [2.45, 2.75) is 25.3 Å². The van der Waals surface area contributed by atoms with Gasteiger partial charge in [0.1, 0.15) is 0 Å². The lowest BCUT2D eigenvalue weighted by Crippen LogP contribution is -2.50. The summed E-state index contributed by atoms with van der Waals surface area (Å²) in [7, 11) is 0. The maximum absolute atomic E-state index is 12.1. The summed E-state index contributed by atoms with van der Waals surface area (Å²) in [6.45, 7) is 1.72. The van der Waals surface area contributed by atoms with Crippen molar-refractivity contribution < 1.29 is 9.59 Å². The highest BCUT2D eigenvalue weighted by Gasteiger charge is 2.44. The van der Waals surface area contributed by atoms with Gasteiger partial charge in [0.15, 0.2) is 0 Å². The predicted octanol–water partition coefficient (Wildman–Crippen LogP) is 1.50. The van der Waals surface area contributed by atoms with E-state index >= 15 is 0 Å². The van der Waals surface area contributed by atoms with E-state index in [-0.39, 0.29) is 22.4 Å². The van der Waals surface area contributed by atoms with Gasteiger partial charge in [-0.1, -0.05) is 11.6 Å². The highest BCUT2D eigenvalue weighted by molar-refractivity contribution is 6.34. The number of nitrogens with one attached hydrogen (secondary N) is 1. The molecule has 0 saturated heterocycles. The molecule has 1 atom stereocenters. The Bertz CT molecular complexity index is 539. The highest BCUT2D eigenvalue weighted by atomic mass is 35.5. The molecule has 1 saturated carbocycles. The fraction of sp³-hybridized carbons (Fsp3) is 0.385. The van der Waals surface area contributed by atoms with Gasteiger partial charge in [-0.25, -0.2) is 0 Å². The molecule has 1 fully saturated rings. The molecule has 0 heterocycles. The van der Waals surface area contributed by atoms with Crippen molar-refractivity contribution in [2.75, 3.05) is 5.32 Å². The number of carbonyl (C=O) groups excluding carboxylic acids is 2. The number of hydrogen-bond acceptors (Lipinski definition) is 3. The van der Waals surface area contributed by atoms with Crippen LogP contribution >= 0.6 is 11.6 Å². The highest BCUT2D eigenvalue weighted by Crippen LogP contribution is 2.38. The van der Waals surface area contributed by atoms with E-state index in [0.717, 1.165) is 12.8 Å². The summed E-state index contributed by atoms with van der Waals surface area (Å²) in [5.74, 6) is -0.629. The van der Waals surface area contributed by atoms with Crippen LogP contribution in [0.4, 0.5) is 5.69 Å². The Kier molecular flexibility index (Phi) is 3.52. The lowest BCUT2D eigenvalue weighted by Gasteiger charge is -2.23. The van der Waals surface area contributed by atoms with Gasteiger partial charge in [-0.05, 0) is 43.9 Å². The molecule has 1 aromatic carbocycles. The monoisotopic (exact) mass is 281 g/mol. The first kappa shape index (κ1) is 13.8. The second-order valence-electron chi connectivity index (χ2n) is 5.07. The zero-order valence-electron chi connectivity index (χ0n) is 10.6. The first-order valence-corrected chi connectivity index (χ1v) is 6.40. The fourth-order valence-corrected chi connectivity index (χ4v) is 2.20. The molecule has 0 aliphatic heterocycles. The maximum Gasteiger partial charge on any atom is 0.250 e. The molecule has 1 aliphatic carbocycles. The third-order valence-electron chi connectivity index (χ3n) is 3.41. The smallest absolute Gasteiger partial charge is 0.250 e. The number of rotatable bonds is 4. The first-order chi connectivity index (χ1) is 8.82. The Balaban J connectivity index is 2.13. The van der Waals surface area contributed by atoms with Gasteiger partial charge >= 0.3 is 0 Å². The minimum absolute atomic E-state index is 0.204. The molecular weight excluding hydrogens is 266 g/mol. The second-order valence-corrected chi connectivity index (χ2v) is 5.48. The summed E-state index contributed by atoms with van der Waals surface area (Å²) in [5, 5.41) is 2.91. The molecule has 0 spiro atoms. The molecule has 102 valence electrons. The Morgan fingerprint density at radius 1 is 1.42 bits per heavy atom. The molecule has 6 heteroatoms. The van der Waals surface area contributed by atoms with E-state index in [0.29, 0.717) is 5.69 Å². The number of nitrogens with two attached hydrogens (primary N) is 2. The molecular formula is C13H16ClN3O2. The standard InChI is InChI=1S/C13H16ClN3O2/c1-13(16,7-2-3-7)12(19)17-8-4-5-9(11(15)18)10(14)6-8/h4-7H,2-3,16H2,1H3,(H2,15,18)(H,17,19). The Labute approximate surface area is 116 Å². The van der Waals surface area contributed by atoms with E-state index in [4.69, 9.17) is 23.1 Å². The van der Waals surface area contributed by atoms with Crippen LogP contribution in [0.3, 0.4) is 0 Å². The molecule has 19 heavy (non-hydrogen) atoms. The zero-order chi connectivity index (χ0) is 14.2. The van der Waals surface area contributed by atoms with Crippen LogP contribution in [0.2, 0.25) is 5.02 Å². The average molecular weight is 282 g/mol. The number of hydrogen-bond donors (Lipinski definition) is 3. The van der Waals surface area contributed by atoms with E-state index in [1.54, 1.807) is 13.0 Å². The maximum atomic E-state index is 12.1. The number of primary amides is 1. The normalized spacial score (nSPS) is 17.6. The van der Waals surface area contributed by atoms with Crippen LogP contribution in [0.5, 0.6) is 0 Å². The quantitative estimate of drug-likeness (QED) is 0.780. The third-order valence-corrected chi connectivity index (χ3v) is 3.72. The van der Waals surface area contributed by atoms with Crippen LogP contribution in [-0.2, 0) is 4.79 Å². The van der Waals surface area contributed by atoms with Gasteiger partial charge in [-0.2, -0.15) is 0 Å². The van der Waals surface area contributed by atoms with Crippen molar-refractivity contribution in [1.82, 2.24) is 0 Å². The van der Waals surface area contributed by atoms with Crippen molar-refractivity contribution in [1.29, 1.82) is 0 Å². The summed E-state index contributed by atoms with van der Waals surface area (Å²) < 4.78 is 0. The zero-order valence-corrected chi connectivity index (χ0v) is 11.3. The molecule has 0 aromatic heterocycles. The molecule has 0 bridgehead atoms. The molecule has 5 N–H and O–H groups in total. The summed E-state index contributed by atoms with van der Waals surface area (Å²) in [4.78, 5) is 23.1. The molecule has 1 aliphatic rings. The van der Waals surface area contributed by atoms with Crippen LogP contribution < -0.4 is 16.8 Å². The molecule has 2 amide bonds. The minimum Gasteiger partial charge on any atom is -0.366 e. The van der Waals surface area contributed by atoms with Gasteiger partial charge in [-0.15, -0.1) is 0 Å². The van der Waals surface area contributed by atoms with E-state index in [9.17, 15) is 9.59 Å². The Morgan fingerprint density at radius 3 is 2.53 bits per heavy atom. The number of carbonyl (C=O) groups is 2. The van der Waals surface area contributed by atoms with E-state index in [2.05, 4.69) is 5.32 Å². The van der Waals surface area contributed by atoms with Crippen LogP contribution in [0.25, 0.3) is 0 Å². The van der Waals surface area contributed by atoms with Gasteiger partial charge in [0.25, 0.3) is 0 Å². The Hall–Kier alpha value is -1.59. The van der Waals surface area contributed by atoms with Crippen molar-refractivity contribution in [3.05, 3.63) is 28.8 Å². The van der Waals surface area contributed by atoms with Crippen LogP contribution in [-0.4, -0.2) is 17.4 Å². The van der Waals surface area contributed by atoms with Crippen LogP contribution in [0.1, 0.15) is 30.1 Å². The van der Waals surface area contributed by atoms with E-state index in [1.807, 2.05) is 0 Å². The largest absolute Gasteiger partial charge is 0.366 e. The number of benzene rings is 1. The van der Waals surface area contributed by atoms with Crippen LogP contribution in [0, 0.1) is 5.92 Å². The van der Waals surface area contributed by atoms with Gasteiger partial charge < -0.3 is 16.8 Å². The lowest BCUT2D eigenvalue weighted by molar-refractivity contribution is -0.121. The van der Waals surface area contributed by atoms with Crippen molar-refractivity contribution in [2.24, 2.45) is 17.4 Å².